The first kappa shape index (κ1) is 23.2. The molecule has 3 aromatic rings. The Morgan fingerprint density at radius 3 is 2.45 bits per heavy atom. The number of rotatable bonds is 4. The fourth-order valence-electron chi connectivity index (χ4n) is 4.52. The zero-order valence-electron chi connectivity index (χ0n) is 19.4. The summed E-state index contributed by atoms with van der Waals surface area (Å²) in [5, 5.41) is 13.5. The molecule has 1 aliphatic heterocycles. The molecule has 1 N–H and O–H groups in total. The van der Waals surface area contributed by atoms with Gasteiger partial charge in [0, 0.05) is 30.1 Å². The Labute approximate surface area is 191 Å². The topological polar surface area (TPSA) is 63.2 Å². The van der Waals surface area contributed by atoms with Crippen LogP contribution in [-0.4, -0.2) is 40.5 Å². The number of morpholine rings is 1. The molecule has 0 radical (unpaired) electrons. The first-order valence-corrected chi connectivity index (χ1v) is 11.0. The molecule has 0 aliphatic carbocycles. The number of pyridine rings is 1. The molecule has 0 bridgehead atoms. The maximum absolute atomic E-state index is 13.4. The summed E-state index contributed by atoms with van der Waals surface area (Å²) in [6.45, 7) is 10.7. The number of alkyl halides is 3. The fraction of sp³-hybridized carbons (Fsp3) is 0.458. The van der Waals surface area contributed by atoms with E-state index in [4.69, 9.17) is 4.74 Å². The molecule has 176 valence electrons. The monoisotopic (exact) mass is 459 g/mol. The first-order valence-electron chi connectivity index (χ1n) is 11.0. The van der Waals surface area contributed by atoms with Gasteiger partial charge in [0.25, 0.3) is 0 Å². The van der Waals surface area contributed by atoms with Gasteiger partial charge in [0.05, 0.1) is 29.5 Å². The van der Waals surface area contributed by atoms with Crippen molar-refractivity contribution in [2.75, 3.05) is 23.3 Å². The molecule has 0 spiro atoms. The van der Waals surface area contributed by atoms with E-state index >= 15 is 0 Å². The van der Waals surface area contributed by atoms with E-state index in [0.29, 0.717) is 11.4 Å². The minimum Gasteiger partial charge on any atom is -0.372 e. The second-order valence-electron chi connectivity index (χ2n) is 8.77. The molecule has 9 heteroatoms. The van der Waals surface area contributed by atoms with E-state index in [1.807, 2.05) is 33.8 Å². The van der Waals surface area contributed by atoms with Gasteiger partial charge in [-0.05, 0) is 57.9 Å². The third kappa shape index (κ3) is 4.73. The lowest BCUT2D eigenvalue weighted by Gasteiger charge is -2.36. The van der Waals surface area contributed by atoms with Gasteiger partial charge in [0.2, 0.25) is 0 Å². The highest BCUT2D eigenvalue weighted by atomic mass is 19.4. The summed E-state index contributed by atoms with van der Waals surface area (Å²) in [7, 11) is 0. The molecule has 3 heterocycles. The second kappa shape index (κ2) is 8.78. The van der Waals surface area contributed by atoms with Crippen LogP contribution >= 0.6 is 0 Å². The number of aryl methyl sites for hydroxylation is 1. The Morgan fingerprint density at radius 1 is 1.09 bits per heavy atom. The molecule has 1 saturated heterocycles. The van der Waals surface area contributed by atoms with E-state index in [2.05, 4.69) is 25.4 Å². The molecule has 0 saturated carbocycles. The maximum atomic E-state index is 13.4. The predicted molar refractivity (Wildman–Crippen MR) is 123 cm³/mol. The summed E-state index contributed by atoms with van der Waals surface area (Å²) in [6, 6.07) is 5.80. The number of fused-ring (bicyclic) bond motifs is 1. The van der Waals surface area contributed by atoms with Crippen LogP contribution in [0.1, 0.15) is 49.2 Å². The summed E-state index contributed by atoms with van der Waals surface area (Å²) >= 11 is 0. The number of ether oxygens (including phenoxy) is 1. The third-order valence-electron chi connectivity index (χ3n) is 6.08. The van der Waals surface area contributed by atoms with Gasteiger partial charge in [-0.1, -0.05) is 12.1 Å². The van der Waals surface area contributed by atoms with Crippen molar-refractivity contribution < 1.29 is 17.9 Å². The van der Waals surface area contributed by atoms with Crippen molar-refractivity contribution in [3.8, 4) is 0 Å². The van der Waals surface area contributed by atoms with Gasteiger partial charge in [0.15, 0.2) is 5.82 Å². The van der Waals surface area contributed by atoms with Crippen molar-refractivity contribution in [1.82, 2.24) is 15.2 Å². The van der Waals surface area contributed by atoms with Crippen LogP contribution in [0.5, 0.6) is 0 Å². The largest absolute Gasteiger partial charge is 0.416 e. The van der Waals surface area contributed by atoms with Crippen LogP contribution in [0, 0.1) is 13.8 Å². The van der Waals surface area contributed by atoms with Crippen LogP contribution in [0.15, 0.2) is 30.5 Å². The number of nitrogens with one attached hydrogen (secondary N) is 1. The van der Waals surface area contributed by atoms with Crippen molar-refractivity contribution in [2.45, 2.75) is 59.0 Å². The van der Waals surface area contributed by atoms with Crippen molar-refractivity contribution in [1.29, 1.82) is 0 Å². The van der Waals surface area contributed by atoms with Gasteiger partial charge >= 0.3 is 6.18 Å². The minimum atomic E-state index is -4.40. The van der Waals surface area contributed by atoms with Gasteiger partial charge in [-0.25, -0.2) is 4.98 Å². The maximum Gasteiger partial charge on any atom is 0.416 e. The molecular weight excluding hydrogens is 431 g/mol. The van der Waals surface area contributed by atoms with Crippen LogP contribution in [-0.2, 0) is 10.9 Å². The summed E-state index contributed by atoms with van der Waals surface area (Å²) in [6.07, 6.45) is -2.44. The van der Waals surface area contributed by atoms with E-state index in [1.165, 1.54) is 13.0 Å². The zero-order valence-corrected chi connectivity index (χ0v) is 19.4. The summed E-state index contributed by atoms with van der Waals surface area (Å²) in [5.74, 6) is 1.32. The molecule has 6 nitrogen and oxygen atoms in total. The molecular formula is C24H28F3N5O. The van der Waals surface area contributed by atoms with Crippen LogP contribution in [0.3, 0.4) is 0 Å². The normalized spacial score (nSPS) is 20.2. The standard InChI is InChI=1S/C24H28F3N5O/c1-13-11-32(12-14(2)33-13)22-9-19-20(10-28-22)17(5)30-31-23(19)29-16(4)18-7-6-8-21(15(18)3)24(25,26)27/h6-10,13-14,16H,11-12H2,1-5H3,(H,29,31)/t13-,14+,16-/m1/s1. The SMILES string of the molecule is Cc1c([C@@H](C)Nc2nnc(C)c3cnc(N4C[C@@H](C)O[C@@H](C)C4)cc23)cccc1C(F)(F)F. The van der Waals surface area contributed by atoms with E-state index in [1.54, 1.807) is 12.3 Å². The minimum absolute atomic E-state index is 0.0880. The van der Waals surface area contributed by atoms with Crippen molar-refractivity contribution in [3.05, 3.63) is 52.8 Å². The first-order chi connectivity index (χ1) is 15.5. The van der Waals surface area contributed by atoms with E-state index in [-0.39, 0.29) is 17.8 Å². The van der Waals surface area contributed by atoms with Crippen LogP contribution in [0.4, 0.5) is 24.8 Å². The highest BCUT2D eigenvalue weighted by Crippen LogP contribution is 2.36. The van der Waals surface area contributed by atoms with E-state index in [9.17, 15) is 13.2 Å². The average Bonchev–Trinajstić information content (AvgIpc) is 2.74. The van der Waals surface area contributed by atoms with Gasteiger partial charge in [-0.3, -0.25) is 0 Å². The second-order valence-corrected chi connectivity index (χ2v) is 8.77. The van der Waals surface area contributed by atoms with Crippen molar-refractivity contribution in [3.63, 3.8) is 0 Å². The lowest BCUT2D eigenvalue weighted by Crippen LogP contribution is -2.45. The Bertz CT molecular complexity index is 1160. The molecule has 0 amide bonds. The highest BCUT2D eigenvalue weighted by Gasteiger charge is 2.33. The summed E-state index contributed by atoms with van der Waals surface area (Å²) < 4.78 is 46.0. The number of hydrogen-bond acceptors (Lipinski definition) is 6. The van der Waals surface area contributed by atoms with Gasteiger partial charge in [0.1, 0.15) is 5.82 Å². The fourth-order valence-corrected chi connectivity index (χ4v) is 4.52. The number of aromatic nitrogens is 3. The average molecular weight is 460 g/mol. The number of nitrogens with zero attached hydrogens (tertiary/aromatic N) is 4. The van der Waals surface area contributed by atoms with Crippen molar-refractivity contribution >= 4 is 22.4 Å². The van der Waals surface area contributed by atoms with Gasteiger partial charge in [-0.15, -0.1) is 5.10 Å². The van der Waals surface area contributed by atoms with Crippen molar-refractivity contribution in [2.24, 2.45) is 0 Å². The van der Waals surface area contributed by atoms with Gasteiger partial charge in [-0.2, -0.15) is 18.3 Å². The van der Waals surface area contributed by atoms with E-state index in [0.717, 1.165) is 41.4 Å². The molecule has 3 atom stereocenters. The lowest BCUT2D eigenvalue weighted by molar-refractivity contribution is -0.138. The number of benzene rings is 1. The quantitative estimate of drug-likeness (QED) is 0.560. The molecule has 4 rings (SSSR count). The molecule has 33 heavy (non-hydrogen) atoms. The Kier molecular flexibility index (Phi) is 6.18. The number of halogens is 3. The number of hydrogen-bond donors (Lipinski definition) is 1. The van der Waals surface area contributed by atoms with Crippen LogP contribution in [0.25, 0.3) is 10.8 Å². The molecule has 0 unspecified atom stereocenters. The Hall–Kier alpha value is -2.94. The molecule has 1 fully saturated rings. The summed E-state index contributed by atoms with van der Waals surface area (Å²) in [4.78, 5) is 6.82. The van der Waals surface area contributed by atoms with E-state index < -0.39 is 17.8 Å². The molecule has 2 aromatic heterocycles. The Morgan fingerprint density at radius 2 is 1.79 bits per heavy atom. The lowest BCUT2D eigenvalue weighted by atomic mass is 9.97. The highest BCUT2D eigenvalue weighted by molar-refractivity contribution is 5.94. The predicted octanol–water partition coefficient (Wildman–Crippen LogP) is 5.45. The Balaban J connectivity index is 1.70. The zero-order chi connectivity index (χ0) is 23.9. The molecule has 1 aromatic carbocycles. The molecule has 1 aliphatic rings. The summed E-state index contributed by atoms with van der Waals surface area (Å²) in [5.41, 5.74) is 0.871. The van der Waals surface area contributed by atoms with Gasteiger partial charge < -0.3 is 15.0 Å². The van der Waals surface area contributed by atoms with Crippen LogP contribution in [0.2, 0.25) is 0 Å². The number of anilines is 2. The smallest absolute Gasteiger partial charge is 0.372 e. The van der Waals surface area contributed by atoms with Crippen LogP contribution < -0.4 is 10.2 Å². The third-order valence-corrected chi connectivity index (χ3v) is 6.08.